The van der Waals surface area contributed by atoms with Crippen LogP contribution in [0.2, 0.25) is 0 Å². The molecular weight excluding hydrogens is 492 g/mol. The topological polar surface area (TPSA) is 49.7 Å². The summed E-state index contributed by atoms with van der Waals surface area (Å²) < 4.78 is 7.25. The van der Waals surface area contributed by atoms with E-state index >= 15 is 0 Å². The minimum atomic E-state index is -0.0588. The van der Waals surface area contributed by atoms with Gasteiger partial charge in [-0.2, -0.15) is 0 Å². The van der Waals surface area contributed by atoms with E-state index in [9.17, 15) is 10.2 Å². The number of aryl methyl sites for hydroxylation is 1. The number of hydrogen-bond acceptors (Lipinski definition) is 3. The second-order valence-corrected chi connectivity index (χ2v) is 16.7. The highest BCUT2D eigenvalue weighted by molar-refractivity contribution is 5.40. The van der Waals surface area contributed by atoms with E-state index in [0.717, 1.165) is 48.3 Å². The number of fused-ring (bicyclic) bond motifs is 10. The van der Waals surface area contributed by atoms with E-state index in [4.69, 9.17) is 4.74 Å². The van der Waals surface area contributed by atoms with Crippen molar-refractivity contribution >= 4 is 0 Å². The summed E-state index contributed by atoms with van der Waals surface area (Å²) in [5.74, 6) is 6.01. The van der Waals surface area contributed by atoms with Gasteiger partial charge >= 0.3 is 0 Å². The Morgan fingerprint density at radius 3 is 2.35 bits per heavy atom. The van der Waals surface area contributed by atoms with Crippen LogP contribution < -0.4 is 0 Å². The zero-order valence-electron chi connectivity index (χ0n) is 25.4. The van der Waals surface area contributed by atoms with Crippen LogP contribution in [0.5, 0.6) is 5.75 Å². The van der Waals surface area contributed by atoms with Crippen molar-refractivity contribution in [2.45, 2.75) is 141 Å². The molecule has 7 aliphatic carbocycles. The van der Waals surface area contributed by atoms with Crippen LogP contribution in [0.1, 0.15) is 128 Å². The predicted molar refractivity (Wildman–Crippen MR) is 159 cm³/mol. The lowest BCUT2D eigenvalue weighted by Gasteiger charge is -2.61. The fourth-order valence-corrected chi connectivity index (χ4v) is 13.3. The van der Waals surface area contributed by atoms with Gasteiger partial charge in [-0.25, -0.2) is 0 Å². The largest absolute Gasteiger partial charge is 0.508 e. The molecule has 6 fully saturated rings. The molecule has 3 nitrogen and oxygen atoms in total. The lowest BCUT2D eigenvalue weighted by atomic mass is 9.45. The predicted octanol–water partition coefficient (Wildman–Crippen LogP) is 8.41. The van der Waals surface area contributed by atoms with Gasteiger partial charge in [0, 0.05) is 0 Å². The minimum Gasteiger partial charge on any atom is -0.508 e. The van der Waals surface area contributed by atoms with Gasteiger partial charge in [0.15, 0.2) is 0 Å². The van der Waals surface area contributed by atoms with Crippen LogP contribution in [0.3, 0.4) is 0 Å². The molecule has 0 radical (unpaired) electrons. The first-order chi connectivity index (χ1) is 19.2. The van der Waals surface area contributed by atoms with Crippen LogP contribution in [0.25, 0.3) is 0 Å². The van der Waals surface area contributed by atoms with Gasteiger partial charge in [-0.05, 0) is 177 Å². The summed E-state index contributed by atoms with van der Waals surface area (Å²) in [5.41, 5.74) is 3.97. The number of ether oxygens (including phenoxy) is 1. The number of aromatic hydroxyl groups is 1. The minimum absolute atomic E-state index is 0.0588. The van der Waals surface area contributed by atoms with Crippen molar-refractivity contribution in [3.63, 3.8) is 0 Å². The molecule has 2 N–H and O–H groups in total. The molecule has 0 saturated heterocycles. The molecule has 0 bridgehead atoms. The Hall–Kier alpha value is -1.06. The molecule has 0 spiro atoms. The molecule has 7 aliphatic rings. The molecule has 1 unspecified atom stereocenters. The van der Waals surface area contributed by atoms with Gasteiger partial charge in [-0.3, -0.25) is 0 Å². The Morgan fingerprint density at radius 1 is 0.725 bits per heavy atom. The van der Waals surface area contributed by atoms with Crippen molar-refractivity contribution in [3.8, 4) is 5.75 Å². The molecule has 40 heavy (non-hydrogen) atoms. The van der Waals surface area contributed by atoms with Crippen molar-refractivity contribution in [2.24, 2.45) is 51.8 Å². The van der Waals surface area contributed by atoms with E-state index in [1.165, 1.54) is 94.6 Å². The first-order valence-corrected chi connectivity index (χ1v) is 17.4. The maximum atomic E-state index is 10.8. The average Bonchev–Trinajstić information content (AvgIpc) is 3.44. The lowest BCUT2D eigenvalue weighted by molar-refractivity contribution is -0.161. The highest BCUT2D eigenvalue weighted by Gasteiger charge is 2.61. The monoisotopic (exact) mass is 546 g/mol. The van der Waals surface area contributed by atoms with Gasteiger partial charge in [0.05, 0.1) is 18.3 Å². The molecular formula is C37H54O3. The third-order valence-electron chi connectivity index (χ3n) is 15.5. The standard InChI is InChI=1S/C37H54O3/c1-35-17-14-25(21-23(35)5-8-29-31-10-12-33(39)36(31,2)19-16-32(29)35)40-34-13-11-30-28-7-4-22-20-24(38)6-9-26(22)27(28)15-18-37(30,34)3/h6,9,20,23,25,27-34,38-39H,4-5,7-8,10-19,21H2,1-3H3/t23-,25?,27-,28-,29+,30+,31+,32+,33+,34+,35+,36+,37+/m1/s1. The zero-order chi connectivity index (χ0) is 27.4. The van der Waals surface area contributed by atoms with Crippen molar-refractivity contribution in [1.82, 2.24) is 0 Å². The van der Waals surface area contributed by atoms with Crippen molar-refractivity contribution in [2.75, 3.05) is 0 Å². The third-order valence-corrected chi connectivity index (χ3v) is 15.5. The summed E-state index contributed by atoms with van der Waals surface area (Å²) in [6.07, 6.45) is 20.1. The van der Waals surface area contributed by atoms with Gasteiger partial charge in [-0.15, -0.1) is 0 Å². The summed E-state index contributed by atoms with van der Waals surface area (Å²) in [6.45, 7) is 7.70. The molecule has 13 atom stereocenters. The van der Waals surface area contributed by atoms with Gasteiger partial charge < -0.3 is 14.9 Å². The second-order valence-electron chi connectivity index (χ2n) is 16.7. The number of aliphatic hydroxyl groups is 1. The molecule has 0 heterocycles. The first-order valence-electron chi connectivity index (χ1n) is 17.4. The van der Waals surface area contributed by atoms with E-state index in [-0.39, 0.29) is 11.5 Å². The molecule has 220 valence electrons. The van der Waals surface area contributed by atoms with Gasteiger partial charge in [0.2, 0.25) is 0 Å². The van der Waals surface area contributed by atoms with Gasteiger partial charge in [0.1, 0.15) is 5.75 Å². The van der Waals surface area contributed by atoms with Gasteiger partial charge in [0.25, 0.3) is 0 Å². The van der Waals surface area contributed by atoms with Crippen molar-refractivity contribution in [1.29, 1.82) is 0 Å². The van der Waals surface area contributed by atoms with E-state index < -0.39 is 0 Å². The van der Waals surface area contributed by atoms with Crippen LogP contribution >= 0.6 is 0 Å². The Balaban J connectivity index is 0.947. The molecule has 0 aromatic heterocycles. The van der Waals surface area contributed by atoms with Crippen LogP contribution in [0, 0.1) is 51.8 Å². The molecule has 6 saturated carbocycles. The van der Waals surface area contributed by atoms with Crippen molar-refractivity contribution < 1.29 is 14.9 Å². The Morgan fingerprint density at radius 2 is 1.48 bits per heavy atom. The van der Waals surface area contributed by atoms with Crippen LogP contribution in [-0.2, 0) is 11.2 Å². The maximum Gasteiger partial charge on any atom is 0.115 e. The summed E-state index contributed by atoms with van der Waals surface area (Å²) in [5, 5.41) is 20.9. The SMILES string of the molecule is C[C@]12CCC(O[C@H]3CC[C@H]4[C@@H]5CCc6cc(O)ccc6[C@H]5CC[C@]34C)C[C@H]1CC[C@@H]1[C@@H]2CC[C@]2(C)[C@@H](O)CC[C@@H]12. The molecule has 1 aromatic carbocycles. The number of hydrogen-bond donors (Lipinski definition) is 2. The molecule has 3 heteroatoms. The Labute approximate surface area is 242 Å². The number of phenols is 1. The average molecular weight is 547 g/mol. The highest BCUT2D eigenvalue weighted by Crippen LogP contribution is 2.67. The van der Waals surface area contributed by atoms with Crippen LogP contribution in [-0.4, -0.2) is 28.5 Å². The van der Waals surface area contributed by atoms with Crippen LogP contribution in [0.15, 0.2) is 18.2 Å². The maximum absolute atomic E-state index is 10.8. The summed E-state index contributed by atoms with van der Waals surface area (Å²) in [6, 6.07) is 6.19. The number of aliphatic hydroxyl groups excluding tert-OH is 1. The van der Waals surface area contributed by atoms with Crippen molar-refractivity contribution in [3.05, 3.63) is 29.3 Å². The highest BCUT2D eigenvalue weighted by atomic mass is 16.5. The zero-order valence-corrected chi connectivity index (χ0v) is 25.4. The van der Waals surface area contributed by atoms with E-state index in [2.05, 4.69) is 26.8 Å². The van der Waals surface area contributed by atoms with E-state index in [1.54, 1.807) is 0 Å². The molecule has 0 aliphatic heterocycles. The Bertz CT molecular complexity index is 1150. The third kappa shape index (κ3) is 3.68. The van der Waals surface area contributed by atoms with Gasteiger partial charge in [-0.1, -0.05) is 26.8 Å². The second kappa shape index (κ2) is 9.22. The van der Waals surface area contributed by atoms with Crippen LogP contribution in [0.4, 0.5) is 0 Å². The van der Waals surface area contributed by atoms with E-state index in [1.807, 2.05) is 12.1 Å². The Kier molecular flexibility index (Phi) is 6.12. The summed E-state index contributed by atoms with van der Waals surface area (Å²) >= 11 is 0. The number of phenolic OH excluding ortho intramolecular Hbond substituents is 1. The summed E-state index contributed by atoms with van der Waals surface area (Å²) in [7, 11) is 0. The first kappa shape index (κ1) is 26.6. The molecule has 8 rings (SSSR count). The fraction of sp³-hybridized carbons (Fsp3) is 0.838. The normalized spacial score (nSPS) is 53.0. The molecule has 0 amide bonds. The quantitative estimate of drug-likeness (QED) is 0.391. The fourth-order valence-electron chi connectivity index (χ4n) is 13.3. The molecule has 1 aromatic rings. The lowest BCUT2D eigenvalue weighted by Crippen LogP contribution is -2.55. The van der Waals surface area contributed by atoms with E-state index in [0.29, 0.717) is 34.7 Å². The summed E-state index contributed by atoms with van der Waals surface area (Å²) in [4.78, 5) is 0. The number of rotatable bonds is 2. The smallest absolute Gasteiger partial charge is 0.115 e. The number of benzene rings is 1.